The van der Waals surface area contributed by atoms with Crippen molar-refractivity contribution in [1.29, 1.82) is 15.8 Å². The summed E-state index contributed by atoms with van der Waals surface area (Å²) in [5.74, 6) is -3.47. The van der Waals surface area contributed by atoms with Gasteiger partial charge in [-0.1, -0.05) is 84.9 Å². The van der Waals surface area contributed by atoms with Gasteiger partial charge in [0.25, 0.3) is 0 Å². The van der Waals surface area contributed by atoms with Crippen LogP contribution in [0.15, 0.2) is 170 Å². The minimum atomic E-state index is -0.898. The van der Waals surface area contributed by atoms with Gasteiger partial charge in [-0.15, -0.1) is 0 Å². The molecule has 66 heavy (non-hydrogen) atoms. The molecule has 0 heterocycles. The first-order valence-corrected chi connectivity index (χ1v) is 20.5. The fourth-order valence-electron chi connectivity index (χ4n) is 8.93. The van der Waals surface area contributed by atoms with E-state index in [2.05, 4.69) is 23.1 Å². The molecule has 0 bridgehead atoms. The van der Waals surface area contributed by atoms with Gasteiger partial charge in [-0.2, -0.15) is 15.8 Å². The van der Waals surface area contributed by atoms with E-state index in [4.69, 9.17) is 6.57 Å². The highest BCUT2D eigenvalue weighted by molar-refractivity contribution is 6.28. The smallest absolute Gasteiger partial charge is 0.187 e. The predicted molar refractivity (Wildman–Crippen MR) is 251 cm³/mol. The van der Waals surface area contributed by atoms with E-state index in [0.717, 1.165) is 33.7 Å². The summed E-state index contributed by atoms with van der Waals surface area (Å²) in [6, 6.07) is 51.8. The Kier molecular flexibility index (Phi) is 10.0. The molecule has 0 aliphatic carbocycles. The van der Waals surface area contributed by atoms with Crippen molar-refractivity contribution in [3.05, 3.63) is 221 Å². The van der Waals surface area contributed by atoms with Crippen LogP contribution in [0.5, 0.6) is 0 Å². The lowest BCUT2D eigenvalue weighted by Gasteiger charge is -2.31. The summed E-state index contributed by atoms with van der Waals surface area (Å²) in [5, 5.41) is 34.4. The predicted octanol–water partition coefficient (Wildman–Crippen LogP) is 15.6. The molecule has 0 amide bonds. The Bertz CT molecular complexity index is 3520. The van der Waals surface area contributed by atoms with Crippen molar-refractivity contribution in [3.63, 3.8) is 0 Å². The lowest BCUT2D eigenvalue weighted by atomic mass is 9.91. The molecule has 0 saturated heterocycles. The summed E-state index contributed by atoms with van der Waals surface area (Å²) < 4.78 is 64.4. The monoisotopic (exact) mass is 860 g/mol. The summed E-state index contributed by atoms with van der Waals surface area (Å²) >= 11 is 0. The van der Waals surface area contributed by atoms with E-state index in [9.17, 15) is 15.8 Å². The molecule has 0 aliphatic heterocycles. The first-order chi connectivity index (χ1) is 32.2. The Hall–Kier alpha value is -9.48. The molecule has 10 aromatic rings. The molecule has 0 N–H and O–H groups in total. The second-order valence-corrected chi connectivity index (χ2v) is 15.4. The molecule has 10 rings (SSSR count). The van der Waals surface area contributed by atoms with Gasteiger partial charge in [-0.3, -0.25) is 0 Å². The second-order valence-electron chi connectivity index (χ2n) is 15.4. The lowest BCUT2D eigenvalue weighted by molar-refractivity contribution is 0.584. The van der Waals surface area contributed by atoms with Gasteiger partial charge in [-0.05, 0) is 94.3 Å². The van der Waals surface area contributed by atoms with Crippen molar-refractivity contribution >= 4 is 72.1 Å². The number of nitrogens with zero attached hydrogens (tertiary/aromatic N) is 6. The van der Waals surface area contributed by atoms with E-state index in [-0.39, 0.29) is 33.6 Å². The zero-order valence-electron chi connectivity index (χ0n) is 34.4. The minimum absolute atomic E-state index is 0.0330. The number of hydrogen-bond acceptors (Lipinski definition) is 5. The summed E-state index contributed by atoms with van der Waals surface area (Å²) in [6.07, 6.45) is 0. The van der Waals surface area contributed by atoms with Crippen molar-refractivity contribution in [2.45, 2.75) is 0 Å². The zero-order chi connectivity index (χ0) is 45.6. The molecule has 310 valence electrons. The van der Waals surface area contributed by atoms with Gasteiger partial charge >= 0.3 is 0 Å². The summed E-state index contributed by atoms with van der Waals surface area (Å²) in [6.45, 7) is 7.61. The molecular weight excluding hydrogens is 833 g/mol. The van der Waals surface area contributed by atoms with Gasteiger partial charge in [-0.25, -0.2) is 22.4 Å². The van der Waals surface area contributed by atoms with Crippen LogP contribution in [-0.4, -0.2) is 0 Å². The van der Waals surface area contributed by atoms with Gasteiger partial charge in [0.05, 0.1) is 64.2 Å². The number of nitriles is 3. The third-order valence-electron chi connectivity index (χ3n) is 11.8. The average molecular weight is 861 g/mol. The van der Waals surface area contributed by atoms with Crippen molar-refractivity contribution in [2.75, 3.05) is 9.80 Å². The Labute approximate surface area is 375 Å². The molecule has 0 atom stereocenters. The molecule has 10 aromatic carbocycles. The molecule has 6 nitrogen and oxygen atoms in total. The van der Waals surface area contributed by atoms with Crippen LogP contribution < -0.4 is 9.80 Å². The lowest BCUT2D eigenvalue weighted by Crippen LogP contribution is -2.15. The third kappa shape index (κ3) is 6.71. The van der Waals surface area contributed by atoms with E-state index in [0.29, 0.717) is 55.9 Å². The van der Waals surface area contributed by atoms with Crippen LogP contribution in [0.3, 0.4) is 0 Å². The Morgan fingerprint density at radius 2 is 0.864 bits per heavy atom. The molecule has 0 aliphatic rings. The summed E-state index contributed by atoms with van der Waals surface area (Å²) in [7, 11) is 0. The number of benzene rings is 10. The molecule has 0 radical (unpaired) electrons. The Morgan fingerprint density at radius 3 is 1.29 bits per heavy atom. The minimum Gasteiger partial charge on any atom is -0.307 e. The number of rotatable bonds is 8. The maximum absolute atomic E-state index is 16.9. The van der Waals surface area contributed by atoms with Crippen LogP contribution in [0.4, 0.5) is 57.4 Å². The standard InChI is InChI=1S/C56H28F4N6/c1-64-40-16-20-42(21-17-40)66(56-48(27-39(58)29-50(56)60)44-9-5-3-7-37(44)32-63)52-25-15-35-12-22-45-51(24-14-34-13-23-46(52)54(35)53(34)45)65(41-18-10-33(30-61)11-19-41)55-47(26-38(57)28-49(55)59)43-8-4-2-6-36(43)31-62/h2-29H. The van der Waals surface area contributed by atoms with E-state index >= 15 is 17.6 Å². The molecular formula is C56H28F4N6. The van der Waals surface area contributed by atoms with Gasteiger partial charge in [0, 0.05) is 56.5 Å². The van der Waals surface area contributed by atoms with Gasteiger partial charge in [0.1, 0.15) is 11.6 Å². The molecule has 10 heteroatoms. The highest BCUT2D eigenvalue weighted by atomic mass is 19.1. The summed E-state index contributed by atoms with van der Waals surface area (Å²) in [4.78, 5) is 6.87. The summed E-state index contributed by atoms with van der Waals surface area (Å²) in [5.41, 5.74) is 3.78. The highest BCUT2D eigenvalue weighted by Crippen LogP contribution is 2.51. The fraction of sp³-hybridized carbons (Fsp3) is 0. The number of halogens is 4. The Morgan fingerprint density at radius 1 is 0.439 bits per heavy atom. The van der Waals surface area contributed by atoms with Crippen LogP contribution in [0.25, 0.3) is 59.4 Å². The van der Waals surface area contributed by atoms with E-state index in [1.165, 1.54) is 12.1 Å². The van der Waals surface area contributed by atoms with Crippen molar-refractivity contribution in [1.82, 2.24) is 0 Å². The van der Waals surface area contributed by atoms with Gasteiger partial charge in [0.15, 0.2) is 17.3 Å². The average Bonchev–Trinajstić information content (AvgIpc) is 3.35. The van der Waals surface area contributed by atoms with Crippen LogP contribution in [-0.2, 0) is 0 Å². The normalized spacial score (nSPS) is 11.0. The van der Waals surface area contributed by atoms with E-state index in [1.807, 2.05) is 48.5 Å². The largest absolute Gasteiger partial charge is 0.307 e. The van der Waals surface area contributed by atoms with E-state index in [1.54, 1.807) is 107 Å². The first-order valence-electron chi connectivity index (χ1n) is 20.5. The first kappa shape index (κ1) is 40.6. The zero-order valence-corrected chi connectivity index (χ0v) is 34.4. The van der Waals surface area contributed by atoms with E-state index < -0.39 is 23.3 Å². The molecule has 0 saturated carbocycles. The number of hydrogen-bond donors (Lipinski definition) is 0. The molecule has 0 aromatic heterocycles. The van der Waals surface area contributed by atoms with Gasteiger partial charge in [0.2, 0.25) is 0 Å². The highest BCUT2D eigenvalue weighted by Gasteiger charge is 2.29. The van der Waals surface area contributed by atoms with Crippen LogP contribution in [0, 0.1) is 63.8 Å². The van der Waals surface area contributed by atoms with Crippen LogP contribution in [0.2, 0.25) is 0 Å². The maximum atomic E-state index is 16.9. The maximum Gasteiger partial charge on any atom is 0.187 e. The molecule has 0 fully saturated rings. The van der Waals surface area contributed by atoms with Crippen molar-refractivity contribution < 1.29 is 17.6 Å². The van der Waals surface area contributed by atoms with Crippen LogP contribution >= 0.6 is 0 Å². The molecule has 0 spiro atoms. The molecule has 0 unspecified atom stereocenters. The number of anilines is 6. The van der Waals surface area contributed by atoms with Gasteiger partial charge < -0.3 is 9.80 Å². The van der Waals surface area contributed by atoms with Crippen molar-refractivity contribution in [3.8, 4) is 40.5 Å². The topological polar surface area (TPSA) is 82.2 Å². The second kappa shape index (κ2) is 16.3. The van der Waals surface area contributed by atoms with Crippen LogP contribution in [0.1, 0.15) is 16.7 Å². The fourth-order valence-corrected chi connectivity index (χ4v) is 8.93. The quantitative estimate of drug-likeness (QED) is 0.0863. The third-order valence-corrected chi connectivity index (χ3v) is 11.8. The SMILES string of the molecule is [C-]#[N+]c1ccc(N(c2c(F)cc(F)cc2-c2ccccc2C#N)c2ccc3ccc4c(N(c5ccc(C#N)cc5)c5c(F)cc(F)cc5-c5ccccc5C#N)ccc5ccc2c3c54)cc1. The Balaban J connectivity index is 1.28. The van der Waals surface area contributed by atoms with Crippen molar-refractivity contribution in [2.24, 2.45) is 0 Å².